The normalized spacial score (nSPS) is 18.8. The fraction of sp³-hybridized carbons (Fsp3) is 0.364. The molecule has 2 amide bonds. The van der Waals surface area contributed by atoms with E-state index in [1.54, 1.807) is 31.2 Å². The van der Waals surface area contributed by atoms with Crippen LogP contribution in [0.4, 0.5) is 24.5 Å². The molecule has 1 saturated heterocycles. The van der Waals surface area contributed by atoms with E-state index in [9.17, 15) is 31.2 Å². The lowest BCUT2D eigenvalue weighted by atomic mass is 10.1. The highest BCUT2D eigenvalue weighted by atomic mass is 32.2. The first-order chi connectivity index (χ1) is 16.0. The number of piperazine rings is 1. The van der Waals surface area contributed by atoms with Crippen molar-refractivity contribution < 1.29 is 31.2 Å². The third kappa shape index (κ3) is 4.65. The summed E-state index contributed by atoms with van der Waals surface area (Å²) < 4.78 is 65.3. The Labute approximate surface area is 195 Å². The van der Waals surface area contributed by atoms with Crippen molar-refractivity contribution in [1.82, 2.24) is 9.21 Å². The number of hydrogen-bond donors (Lipinski definition) is 1. The van der Waals surface area contributed by atoms with Crippen LogP contribution in [-0.2, 0) is 25.8 Å². The van der Waals surface area contributed by atoms with Crippen molar-refractivity contribution in [3.8, 4) is 0 Å². The minimum atomic E-state index is -4.55. The lowest BCUT2D eigenvalue weighted by Gasteiger charge is -2.39. The van der Waals surface area contributed by atoms with Crippen LogP contribution in [0.25, 0.3) is 0 Å². The first-order valence-corrected chi connectivity index (χ1v) is 12.0. The predicted molar refractivity (Wildman–Crippen MR) is 119 cm³/mol. The first kappa shape index (κ1) is 24.2. The number of para-hydroxylation sites is 2. The number of anilines is 2. The van der Waals surface area contributed by atoms with Crippen LogP contribution in [0.5, 0.6) is 0 Å². The Balaban J connectivity index is 1.42. The molecule has 2 heterocycles. The van der Waals surface area contributed by atoms with Gasteiger partial charge in [-0.25, -0.2) is 8.42 Å². The molecule has 0 aromatic heterocycles. The fourth-order valence-electron chi connectivity index (χ4n) is 4.11. The third-order valence-corrected chi connectivity index (χ3v) is 7.95. The summed E-state index contributed by atoms with van der Waals surface area (Å²) in [7, 11) is -3.97. The zero-order valence-electron chi connectivity index (χ0n) is 18.2. The summed E-state index contributed by atoms with van der Waals surface area (Å²) in [6.45, 7) is 2.28. The average molecular weight is 497 g/mol. The van der Waals surface area contributed by atoms with Crippen LogP contribution in [0.3, 0.4) is 0 Å². The zero-order chi connectivity index (χ0) is 24.7. The molecule has 4 rings (SSSR count). The quantitative estimate of drug-likeness (QED) is 0.702. The molecule has 1 atom stereocenters. The standard InChI is InChI=1S/C22H23F3N4O4S/c1-15(21(31)29-14-20(30)26-18-4-2-3-5-19(18)29)27-10-12-28(13-11-27)34(32,33)17-8-6-16(7-9-17)22(23,24)25/h2-9,15H,10-14H2,1H3,(H,26,30). The van der Waals surface area contributed by atoms with Gasteiger partial charge in [-0.3, -0.25) is 19.4 Å². The molecule has 1 N–H and O–H groups in total. The average Bonchev–Trinajstić information content (AvgIpc) is 2.82. The summed E-state index contributed by atoms with van der Waals surface area (Å²) in [4.78, 5) is 28.3. The maximum Gasteiger partial charge on any atom is 0.416 e. The molecular formula is C22H23F3N4O4S. The number of amides is 2. The predicted octanol–water partition coefficient (Wildman–Crippen LogP) is 2.39. The Morgan fingerprint density at radius 2 is 1.62 bits per heavy atom. The molecule has 0 radical (unpaired) electrons. The Bertz CT molecular complexity index is 1190. The summed E-state index contributed by atoms with van der Waals surface area (Å²) in [5.41, 5.74) is 0.228. The smallest absolute Gasteiger partial charge is 0.323 e. The molecule has 2 aromatic carbocycles. The van der Waals surface area contributed by atoms with Gasteiger partial charge in [0.2, 0.25) is 21.8 Å². The van der Waals surface area contributed by atoms with Gasteiger partial charge in [0.1, 0.15) is 6.54 Å². The lowest BCUT2D eigenvalue weighted by molar-refractivity contribution is -0.137. The second-order valence-corrected chi connectivity index (χ2v) is 10.1. The highest BCUT2D eigenvalue weighted by Crippen LogP contribution is 2.31. The number of alkyl halides is 3. The van der Waals surface area contributed by atoms with Crippen LogP contribution in [0.15, 0.2) is 53.4 Å². The van der Waals surface area contributed by atoms with E-state index in [-0.39, 0.29) is 49.4 Å². The van der Waals surface area contributed by atoms with Crippen molar-refractivity contribution >= 4 is 33.2 Å². The molecule has 2 aliphatic rings. The number of hydrogen-bond acceptors (Lipinski definition) is 5. The van der Waals surface area contributed by atoms with Crippen LogP contribution < -0.4 is 10.2 Å². The highest BCUT2D eigenvalue weighted by Gasteiger charge is 2.36. The Hall–Kier alpha value is -2.96. The van der Waals surface area contributed by atoms with E-state index >= 15 is 0 Å². The second-order valence-electron chi connectivity index (χ2n) is 8.13. The van der Waals surface area contributed by atoms with E-state index in [1.165, 1.54) is 9.21 Å². The van der Waals surface area contributed by atoms with Gasteiger partial charge in [-0.15, -0.1) is 0 Å². The summed E-state index contributed by atoms with van der Waals surface area (Å²) in [5.74, 6) is -0.576. The van der Waals surface area contributed by atoms with Gasteiger partial charge >= 0.3 is 6.18 Å². The number of nitrogens with one attached hydrogen (secondary N) is 1. The van der Waals surface area contributed by atoms with Gasteiger partial charge in [0.25, 0.3) is 0 Å². The van der Waals surface area contributed by atoms with Gasteiger partial charge in [0.15, 0.2) is 0 Å². The van der Waals surface area contributed by atoms with Crippen molar-refractivity contribution in [3.63, 3.8) is 0 Å². The minimum Gasteiger partial charge on any atom is -0.323 e. The van der Waals surface area contributed by atoms with Crippen molar-refractivity contribution in [2.75, 3.05) is 42.9 Å². The van der Waals surface area contributed by atoms with Crippen molar-refractivity contribution in [1.29, 1.82) is 0 Å². The maximum atomic E-state index is 13.2. The largest absolute Gasteiger partial charge is 0.416 e. The Morgan fingerprint density at radius 1 is 1.00 bits per heavy atom. The van der Waals surface area contributed by atoms with E-state index in [0.717, 1.165) is 24.3 Å². The van der Waals surface area contributed by atoms with E-state index in [0.29, 0.717) is 11.4 Å². The van der Waals surface area contributed by atoms with E-state index < -0.39 is 27.8 Å². The summed E-state index contributed by atoms with van der Waals surface area (Å²) in [6.07, 6.45) is -4.55. The monoisotopic (exact) mass is 496 g/mol. The highest BCUT2D eigenvalue weighted by molar-refractivity contribution is 7.89. The molecule has 2 aliphatic heterocycles. The minimum absolute atomic E-state index is 0.0814. The zero-order valence-corrected chi connectivity index (χ0v) is 19.1. The number of rotatable bonds is 4. The molecular weight excluding hydrogens is 473 g/mol. The number of benzene rings is 2. The number of sulfonamides is 1. The molecule has 34 heavy (non-hydrogen) atoms. The van der Waals surface area contributed by atoms with Gasteiger partial charge in [-0.1, -0.05) is 12.1 Å². The molecule has 0 aliphatic carbocycles. The molecule has 182 valence electrons. The van der Waals surface area contributed by atoms with Gasteiger partial charge in [0.05, 0.1) is 27.9 Å². The molecule has 0 saturated carbocycles. The van der Waals surface area contributed by atoms with Gasteiger partial charge < -0.3 is 5.32 Å². The number of halogens is 3. The van der Waals surface area contributed by atoms with Crippen molar-refractivity contribution in [3.05, 3.63) is 54.1 Å². The van der Waals surface area contributed by atoms with Crippen LogP contribution in [0.1, 0.15) is 12.5 Å². The van der Waals surface area contributed by atoms with Gasteiger partial charge in [-0.05, 0) is 43.3 Å². The van der Waals surface area contributed by atoms with Crippen molar-refractivity contribution in [2.24, 2.45) is 0 Å². The van der Waals surface area contributed by atoms with E-state index in [2.05, 4.69) is 5.32 Å². The summed E-state index contributed by atoms with van der Waals surface area (Å²) >= 11 is 0. The third-order valence-electron chi connectivity index (χ3n) is 6.03. The van der Waals surface area contributed by atoms with Crippen LogP contribution in [0, 0.1) is 0 Å². The second kappa shape index (κ2) is 9.01. The van der Waals surface area contributed by atoms with Crippen LogP contribution in [0.2, 0.25) is 0 Å². The first-order valence-electron chi connectivity index (χ1n) is 10.6. The topological polar surface area (TPSA) is 90.0 Å². The molecule has 0 spiro atoms. The lowest BCUT2D eigenvalue weighted by Crippen LogP contribution is -2.56. The SMILES string of the molecule is CC(C(=O)N1CC(=O)Nc2ccccc21)N1CCN(S(=O)(=O)c2ccc(C(F)(F)F)cc2)CC1. The molecule has 8 nitrogen and oxygen atoms in total. The molecule has 1 fully saturated rings. The van der Waals surface area contributed by atoms with Gasteiger partial charge in [-0.2, -0.15) is 17.5 Å². The van der Waals surface area contributed by atoms with E-state index in [4.69, 9.17) is 0 Å². The number of fused-ring (bicyclic) bond motifs is 1. The van der Waals surface area contributed by atoms with Crippen molar-refractivity contribution in [2.45, 2.75) is 24.0 Å². The number of carbonyl (C=O) groups is 2. The van der Waals surface area contributed by atoms with Crippen LogP contribution >= 0.6 is 0 Å². The molecule has 1 unspecified atom stereocenters. The molecule has 12 heteroatoms. The number of nitrogens with zero attached hydrogens (tertiary/aromatic N) is 3. The maximum absolute atomic E-state index is 13.2. The Morgan fingerprint density at radius 3 is 2.24 bits per heavy atom. The Kier molecular flexibility index (Phi) is 6.40. The van der Waals surface area contributed by atoms with Gasteiger partial charge in [0, 0.05) is 26.2 Å². The molecule has 2 aromatic rings. The fourth-order valence-corrected chi connectivity index (χ4v) is 5.53. The summed E-state index contributed by atoms with van der Waals surface area (Å²) in [5, 5.41) is 2.73. The summed E-state index contributed by atoms with van der Waals surface area (Å²) in [6, 6.07) is 9.78. The van der Waals surface area contributed by atoms with E-state index in [1.807, 2.05) is 4.90 Å². The van der Waals surface area contributed by atoms with Crippen LogP contribution in [-0.4, -0.2) is 68.2 Å². The number of carbonyl (C=O) groups excluding carboxylic acids is 2. The molecule has 0 bridgehead atoms.